The average molecular weight is 367 g/mol. The minimum Gasteiger partial charge on any atom is -0.507 e. The van der Waals surface area contributed by atoms with Gasteiger partial charge in [0.15, 0.2) is 0 Å². The first-order valence-electron chi connectivity index (χ1n) is 9.12. The predicted octanol–water partition coefficient (Wildman–Crippen LogP) is 3.52. The van der Waals surface area contributed by atoms with Crippen molar-refractivity contribution in [3.8, 4) is 5.75 Å². The number of hydrogen-bond acceptors (Lipinski definition) is 5. The molecule has 0 radical (unpaired) electrons. The molecule has 0 saturated heterocycles. The van der Waals surface area contributed by atoms with E-state index in [4.69, 9.17) is 9.15 Å². The largest absolute Gasteiger partial charge is 0.507 e. The smallest absolute Gasteiger partial charge is 0.340 e. The summed E-state index contributed by atoms with van der Waals surface area (Å²) in [5, 5.41) is 14.4. The van der Waals surface area contributed by atoms with Gasteiger partial charge in [-0.15, -0.1) is 0 Å². The molecule has 0 aliphatic heterocycles. The Kier molecular flexibility index (Phi) is 6.27. The first kappa shape index (κ1) is 19.1. The summed E-state index contributed by atoms with van der Waals surface area (Å²) in [7, 11) is 1.67. The highest BCUT2D eigenvalue weighted by Gasteiger charge is 2.16. The molecule has 0 spiro atoms. The Labute approximate surface area is 158 Å². The van der Waals surface area contributed by atoms with E-state index in [1.807, 2.05) is 43.3 Å². The SMILES string of the molecule is COCCCNCc1c(O)ccc2c(C)c(Cc3ccccc3)c(=O)oc12. The lowest BCUT2D eigenvalue weighted by Gasteiger charge is -2.13. The van der Waals surface area contributed by atoms with Gasteiger partial charge in [-0.2, -0.15) is 0 Å². The zero-order valence-electron chi connectivity index (χ0n) is 15.7. The van der Waals surface area contributed by atoms with Crippen molar-refractivity contribution in [2.75, 3.05) is 20.3 Å². The molecular formula is C22H25NO4. The molecular weight excluding hydrogens is 342 g/mol. The van der Waals surface area contributed by atoms with Crippen molar-refractivity contribution in [2.45, 2.75) is 26.3 Å². The minimum atomic E-state index is -0.352. The zero-order chi connectivity index (χ0) is 19.2. The van der Waals surface area contributed by atoms with Crippen LogP contribution in [0.15, 0.2) is 51.7 Å². The Bertz CT molecular complexity index is 963. The Hall–Kier alpha value is -2.63. The lowest BCUT2D eigenvalue weighted by Crippen LogP contribution is -2.17. The van der Waals surface area contributed by atoms with Crippen molar-refractivity contribution in [2.24, 2.45) is 0 Å². The summed E-state index contributed by atoms with van der Waals surface area (Å²) in [5.41, 5.74) is 3.32. The topological polar surface area (TPSA) is 71.7 Å². The number of phenols is 1. The van der Waals surface area contributed by atoms with Gasteiger partial charge in [0.25, 0.3) is 0 Å². The van der Waals surface area contributed by atoms with Crippen molar-refractivity contribution in [3.05, 3.63) is 75.1 Å². The lowest BCUT2D eigenvalue weighted by molar-refractivity contribution is 0.194. The Morgan fingerprint density at radius 1 is 1.11 bits per heavy atom. The van der Waals surface area contributed by atoms with Crippen LogP contribution in [0.1, 0.15) is 28.7 Å². The fourth-order valence-electron chi connectivity index (χ4n) is 3.23. The molecule has 1 heterocycles. The highest BCUT2D eigenvalue weighted by atomic mass is 16.5. The van der Waals surface area contributed by atoms with Crippen LogP contribution in [0.3, 0.4) is 0 Å². The second kappa shape index (κ2) is 8.84. The number of rotatable bonds is 8. The van der Waals surface area contributed by atoms with E-state index in [9.17, 15) is 9.90 Å². The summed E-state index contributed by atoms with van der Waals surface area (Å²) < 4.78 is 10.7. The van der Waals surface area contributed by atoms with E-state index >= 15 is 0 Å². The van der Waals surface area contributed by atoms with Gasteiger partial charge in [-0.3, -0.25) is 0 Å². The Morgan fingerprint density at radius 3 is 2.63 bits per heavy atom. The number of methoxy groups -OCH3 is 1. The normalized spacial score (nSPS) is 11.2. The monoisotopic (exact) mass is 367 g/mol. The van der Waals surface area contributed by atoms with Gasteiger partial charge in [-0.1, -0.05) is 30.3 Å². The van der Waals surface area contributed by atoms with Crippen molar-refractivity contribution in [3.63, 3.8) is 0 Å². The quantitative estimate of drug-likeness (QED) is 0.471. The van der Waals surface area contributed by atoms with Crippen LogP contribution in [0.5, 0.6) is 5.75 Å². The summed E-state index contributed by atoms with van der Waals surface area (Å²) in [6, 6.07) is 13.3. The number of nitrogens with one attached hydrogen (secondary N) is 1. The third kappa shape index (κ3) is 4.38. The number of hydrogen-bond donors (Lipinski definition) is 2. The number of aryl methyl sites for hydroxylation is 1. The van der Waals surface area contributed by atoms with Crippen molar-refractivity contribution >= 4 is 11.0 Å². The van der Waals surface area contributed by atoms with Crippen LogP contribution in [0.25, 0.3) is 11.0 Å². The molecule has 0 aliphatic carbocycles. The van der Waals surface area contributed by atoms with E-state index in [0.29, 0.717) is 36.3 Å². The van der Waals surface area contributed by atoms with Crippen LogP contribution < -0.4 is 10.9 Å². The summed E-state index contributed by atoms with van der Waals surface area (Å²) in [6.45, 7) is 3.78. The molecule has 3 rings (SSSR count). The molecule has 0 saturated carbocycles. The minimum absolute atomic E-state index is 0.125. The first-order valence-corrected chi connectivity index (χ1v) is 9.12. The maximum absolute atomic E-state index is 12.7. The molecule has 2 aromatic carbocycles. The molecule has 0 amide bonds. The molecule has 0 atom stereocenters. The van der Waals surface area contributed by atoms with Gasteiger partial charge in [0, 0.05) is 37.6 Å². The molecule has 5 nitrogen and oxygen atoms in total. The Morgan fingerprint density at radius 2 is 1.89 bits per heavy atom. The maximum Gasteiger partial charge on any atom is 0.340 e. The second-order valence-electron chi connectivity index (χ2n) is 6.62. The number of benzene rings is 2. The van der Waals surface area contributed by atoms with Gasteiger partial charge in [-0.25, -0.2) is 4.79 Å². The molecule has 1 aromatic heterocycles. The summed E-state index contributed by atoms with van der Waals surface area (Å²) in [6.07, 6.45) is 1.39. The van der Waals surface area contributed by atoms with E-state index in [2.05, 4.69) is 5.32 Å². The van der Waals surface area contributed by atoms with E-state index < -0.39 is 0 Å². The summed E-state index contributed by atoms with van der Waals surface area (Å²) >= 11 is 0. The first-order chi connectivity index (χ1) is 13.1. The van der Waals surface area contributed by atoms with Gasteiger partial charge in [-0.05, 0) is 43.1 Å². The van der Waals surface area contributed by atoms with E-state index in [0.717, 1.165) is 29.5 Å². The van der Waals surface area contributed by atoms with Crippen LogP contribution in [-0.2, 0) is 17.7 Å². The van der Waals surface area contributed by atoms with Gasteiger partial charge < -0.3 is 19.6 Å². The number of aromatic hydroxyl groups is 1. The number of ether oxygens (including phenoxy) is 1. The molecule has 2 N–H and O–H groups in total. The van der Waals surface area contributed by atoms with E-state index in [1.54, 1.807) is 13.2 Å². The molecule has 0 aliphatic rings. The van der Waals surface area contributed by atoms with Crippen molar-refractivity contribution in [1.82, 2.24) is 5.32 Å². The molecule has 142 valence electrons. The number of phenolic OH excluding ortho intramolecular Hbond substituents is 1. The lowest BCUT2D eigenvalue weighted by atomic mass is 9.98. The summed E-state index contributed by atoms with van der Waals surface area (Å²) in [4.78, 5) is 12.7. The van der Waals surface area contributed by atoms with Gasteiger partial charge >= 0.3 is 5.63 Å². The fourth-order valence-corrected chi connectivity index (χ4v) is 3.23. The van der Waals surface area contributed by atoms with E-state index in [1.165, 1.54) is 0 Å². The Balaban J connectivity index is 1.94. The molecule has 0 unspecified atom stereocenters. The highest BCUT2D eigenvalue weighted by molar-refractivity contribution is 5.85. The average Bonchev–Trinajstić information content (AvgIpc) is 2.67. The fraction of sp³-hybridized carbons (Fsp3) is 0.318. The standard InChI is InChI=1S/C22H25NO4/c1-15-17-9-10-20(24)19(14-23-11-6-12-26-2)21(17)27-22(25)18(15)13-16-7-4-3-5-8-16/h3-5,7-10,23-24H,6,11-14H2,1-2H3. The molecule has 5 heteroatoms. The molecule has 0 fully saturated rings. The molecule has 27 heavy (non-hydrogen) atoms. The molecule has 0 bridgehead atoms. The van der Waals surface area contributed by atoms with E-state index in [-0.39, 0.29) is 11.4 Å². The van der Waals surface area contributed by atoms with Crippen LogP contribution in [0, 0.1) is 6.92 Å². The third-order valence-electron chi connectivity index (χ3n) is 4.76. The number of fused-ring (bicyclic) bond motifs is 1. The van der Waals surface area contributed by atoms with Gasteiger partial charge in [0.1, 0.15) is 11.3 Å². The second-order valence-corrected chi connectivity index (χ2v) is 6.62. The zero-order valence-corrected chi connectivity index (χ0v) is 15.7. The van der Waals surface area contributed by atoms with Crippen LogP contribution in [0.4, 0.5) is 0 Å². The van der Waals surface area contributed by atoms with Crippen LogP contribution in [-0.4, -0.2) is 25.4 Å². The van der Waals surface area contributed by atoms with Gasteiger partial charge in [0.2, 0.25) is 0 Å². The van der Waals surface area contributed by atoms with Crippen LogP contribution >= 0.6 is 0 Å². The predicted molar refractivity (Wildman–Crippen MR) is 106 cm³/mol. The molecule has 3 aromatic rings. The third-order valence-corrected chi connectivity index (χ3v) is 4.76. The van der Waals surface area contributed by atoms with Gasteiger partial charge in [0.05, 0.1) is 5.56 Å². The highest BCUT2D eigenvalue weighted by Crippen LogP contribution is 2.29. The maximum atomic E-state index is 12.7. The van der Waals surface area contributed by atoms with Crippen LogP contribution in [0.2, 0.25) is 0 Å². The van der Waals surface area contributed by atoms with Crippen molar-refractivity contribution in [1.29, 1.82) is 0 Å². The van der Waals surface area contributed by atoms with Crippen molar-refractivity contribution < 1.29 is 14.3 Å². The summed E-state index contributed by atoms with van der Waals surface area (Å²) in [5.74, 6) is 0.125.